The van der Waals surface area contributed by atoms with Gasteiger partial charge in [-0.05, 0) is 30.3 Å². The summed E-state index contributed by atoms with van der Waals surface area (Å²) in [4.78, 5) is 23.9. The van der Waals surface area contributed by atoms with Crippen LogP contribution in [0, 0.1) is 0 Å². The van der Waals surface area contributed by atoms with Gasteiger partial charge in [0.2, 0.25) is 0 Å². The topological polar surface area (TPSA) is 73.9 Å². The number of hydrogen-bond donors (Lipinski definition) is 1. The molecule has 2 aromatic rings. The monoisotopic (exact) mass is 349 g/mol. The lowest BCUT2D eigenvalue weighted by Crippen LogP contribution is -2.21. The average Bonchev–Trinajstić information content (AvgIpc) is 2.59. The molecule has 126 valence electrons. The first-order chi connectivity index (χ1) is 11.5. The Morgan fingerprint density at radius 2 is 1.75 bits per heavy atom. The molecule has 1 N–H and O–H groups in total. The average molecular weight is 350 g/mol. The molecular formula is C17H16ClNO5. The van der Waals surface area contributed by atoms with E-state index >= 15 is 0 Å². The molecule has 0 saturated carbocycles. The van der Waals surface area contributed by atoms with E-state index in [0.29, 0.717) is 22.2 Å². The van der Waals surface area contributed by atoms with Gasteiger partial charge in [0.1, 0.15) is 17.1 Å². The molecule has 7 heteroatoms. The van der Waals surface area contributed by atoms with Crippen molar-refractivity contribution in [3.05, 3.63) is 53.1 Å². The number of carbonyl (C=O) groups is 2. The zero-order chi connectivity index (χ0) is 17.5. The number of ether oxygens (including phenoxy) is 3. The van der Waals surface area contributed by atoms with Gasteiger partial charge in [-0.25, -0.2) is 4.79 Å². The molecule has 0 aromatic heterocycles. The predicted octanol–water partition coefficient (Wildman–Crippen LogP) is 3.15. The minimum absolute atomic E-state index is 0.250. The van der Waals surface area contributed by atoms with Gasteiger partial charge in [0.25, 0.3) is 5.91 Å². The van der Waals surface area contributed by atoms with Gasteiger partial charge in [-0.15, -0.1) is 0 Å². The van der Waals surface area contributed by atoms with Crippen molar-refractivity contribution >= 4 is 29.2 Å². The van der Waals surface area contributed by atoms with E-state index in [4.69, 9.17) is 25.8 Å². The van der Waals surface area contributed by atoms with E-state index in [2.05, 4.69) is 5.32 Å². The second-order valence-electron chi connectivity index (χ2n) is 4.67. The predicted molar refractivity (Wildman–Crippen MR) is 89.9 cm³/mol. The van der Waals surface area contributed by atoms with Gasteiger partial charge in [0, 0.05) is 5.69 Å². The third kappa shape index (κ3) is 4.39. The second-order valence-corrected chi connectivity index (χ2v) is 5.08. The fraction of sp³-hybridized carbons (Fsp3) is 0.176. The van der Waals surface area contributed by atoms with Crippen LogP contribution in [-0.2, 0) is 9.53 Å². The normalized spacial score (nSPS) is 9.96. The van der Waals surface area contributed by atoms with Gasteiger partial charge in [0.05, 0.1) is 19.2 Å². The van der Waals surface area contributed by atoms with Crippen molar-refractivity contribution in [3.8, 4) is 11.5 Å². The molecule has 0 unspecified atom stereocenters. The van der Waals surface area contributed by atoms with Crippen molar-refractivity contribution in [2.75, 3.05) is 26.1 Å². The molecular weight excluding hydrogens is 334 g/mol. The highest BCUT2D eigenvalue weighted by molar-refractivity contribution is 6.32. The number of hydrogen-bond acceptors (Lipinski definition) is 5. The van der Waals surface area contributed by atoms with Crippen molar-refractivity contribution in [1.82, 2.24) is 0 Å². The number of esters is 1. The van der Waals surface area contributed by atoms with Crippen LogP contribution in [0.15, 0.2) is 42.5 Å². The number of nitrogens with one attached hydrogen (secondary N) is 1. The number of methoxy groups -OCH3 is 2. The zero-order valence-corrected chi connectivity index (χ0v) is 13.9. The van der Waals surface area contributed by atoms with E-state index in [-0.39, 0.29) is 5.56 Å². The minimum Gasteiger partial charge on any atom is -0.496 e. The van der Waals surface area contributed by atoms with E-state index < -0.39 is 18.5 Å². The fourth-order valence-corrected chi connectivity index (χ4v) is 2.22. The summed E-state index contributed by atoms with van der Waals surface area (Å²) in [6, 6.07) is 11.4. The van der Waals surface area contributed by atoms with Crippen LogP contribution in [0.2, 0.25) is 5.02 Å². The van der Waals surface area contributed by atoms with Crippen LogP contribution >= 0.6 is 11.6 Å². The fourth-order valence-electron chi connectivity index (χ4n) is 1.96. The number of para-hydroxylation sites is 1. The molecule has 0 spiro atoms. The first-order valence-corrected chi connectivity index (χ1v) is 7.36. The van der Waals surface area contributed by atoms with Crippen LogP contribution in [0.3, 0.4) is 0 Å². The van der Waals surface area contributed by atoms with Crippen LogP contribution in [0.25, 0.3) is 0 Å². The molecule has 0 radical (unpaired) electrons. The van der Waals surface area contributed by atoms with Crippen molar-refractivity contribution in [2.45, 2.75) is 0 Å². The summed E-state index contributed by atoms with van der Waals surface area (Å²) in [6.45, 7) is -0.430. The summed E-state index contributed by atoms with van der Waals surface area (Å²) in [6.07, 6.45) is 0. The molecule has 1 amide bonds. The maximum Gasteiger partial charge on any atom is 0.342 e. The highest BCUT2D eigenvalue weighted by Crippen LogP contribution is 2.27. The molecule has 2 rings (SSSR count). The first-order valence-electron chi connectivity index (χ1n) is 6.98. The van der Waals surface area contributed by atoms with Crippen LogP contribution in [-0.4, -0.2) is 32.7 Å². The molecule has 0 aliphatic heterocycles. The number of halogens is 1. The Bertz CT molecular complexity index is 748. The lowest BCUT2D eigenvalue weighted by molar-refractivity contribution is -0.119. The zero-order valence-electron chi connectivity index (χ0n) is 13.2. The van der Waals surface area contributed by atoms with E-state index in [9.17, 15) is 9.59 Å². The molecule has 0 fully saturated rings. The molecule has 24 heavy (non-hydrogen) atoms. The molecule has 0 atom stereocenters. The maximum atomic E-state index is 12.0. The van der Waals surface area contributed by atoms with E-state index in [0.717, 1.165) is 0 Å². The smallest absolute Gasteiger partial charge is 0.342 e. The molecule has 0 aliphatic carbocycles. The van der Waals surface area contributed by atoms with E-state index in [1.165, 1.54) is 14.2 Å². The summed E-state index contributed by atoms with van der Waals surface area (Å²) in [5.41, 5.74) is 0.722. The summed E-state index contributed by atoms with van der Waals surface area (Å²) >= 11 is 5.98. The third-order valence-electron chi connectivity index (χ3n) is 3.10. The van der Waals surface area contributed by atoms with Crippen LogP contribution in [0.1, 0.15) is 10.4 Å². The molecule has 0 heterocycles. The molecule has 2 aromatic carbocycles. The maximum absolute atomic E-state index is 12.0. The summed E-state index contributed by atoms with van der Waals surface area (Å²) in [5, 5.41) is 2.94. The van der Waals surface area contributed by atoms with Crippen molar-refractivity contribution < 1.29 is 23.8 Å². The summed E-state index contributed by atoms with van der Waals surface area (Å²) in [5.74, 6) is -0.253. The summed E-state index contributed by atoms with van der Waals surface area (Å²) < 4.78 is 15.1. The number of amides is 1. The Morgan fingerprint density at radius 1 is 1.04 bits per heavy atom. The van der Waals surface area contributed by atoms with Crippen molar-refractivity contribution in [2.24, 2.45) is 0 Å². The second kappa shape index (κ2) is 8.21. The highest BCUT2D eigenvalue weighted by Gasteiger charge is 2.15. The van der Waals surface area contributed by atoms with Crippen molar-refractivity contribution in [3.63, 3.8) is 0 Å². The summed E-state index contributed by atoms with van der Waals surface area (Å²) in [7, 11) is 2.95. The number of benzene rings is 2. The lowest BCUT2D eigenvalue weighted by Gasteiger charge is -2.10. The molecule has 6 nitrogen and oxygen atoms in total. The third-order valence-corrected chi connectivity index (χ3v) is 3.39. The van der Waals surface area contributed by atoms with Gasteiger partial charge >= 0.3 is 5.97 Å². The Labute approximate surface area is 144 Å². The Balaban J connectivity index is 1.93. The number of carbonyl (C=O) groups excluding carboxylic acids is 2. The molecule has 0 aliphatic rings. The Hall–Kier alpha value is -2.73. The van der Waals surface area contributed by atoms with Gasteiger partial charge in [0.15, 0.2) is 6.61 Å². The van der Waals surface area contributed by atoms with E-state index in [1.807, 2.05) is 0 Å². The van der Waals surface area contributed by atoms with Gasteiger partial charge in [-0.3, -0.25) is 4.79 Å². The van der Waals surface area contributed by atoms with Gasteiger partial charge in [-0.2, -0.15) is 0 Å². The van der Waals surface area contributed by atoms with Gasteiger partial charge in [-0.1, -0.05) is 23.7 Å². The SMILES string of the molecule is COc1ccc(NC(=O)COC(=O)c2ccccc2OC)cc1Cl. The van der Waals surface area contributed by atoms with Crippen LogP contribution < -0.4 is 14.8 Å². The molecule has 0 saturated heterocycles. The Morgan fingerprint density at radius 3 is 2.42 bits per heavy atom. The standard InChI is InChI=1S/C17H16ClNO5/c1-22-14-6-4-3-5-12(14)17(21)24-10-16(20)19-11-7-8-15(23-2)13(18)9-11/h3-9H,10H2,1-2H3,(H,19,20). The van der Waals surface area contributed by atoms with Crippen LogP contribution in [0.4, 0.5) is 5.69 Å². The number of rotatable bonds is 6. The Kier molecular flexibility index (Phi) is 6.03. The minimum atomic E-state index is -0.643. The van der Waals surface area contributed by atoms with Gasteiger partial charge < -0.3 is 19.5 Å². The van der Waals surface area contributed by atoms with E-state index in [1.54, 1.807) is 42.5 Å². The van der Waals surface area contributed by atoms with Crippen LogP contribution in [0.5, 0.6) is 11.5 Å². The highest BCUT2D eigenvalue weighted by atomic mass is 35.5. The largest absolute Gasteiger partial charge is 0.496 e. The number of anilines is 1. The first kappa shape index (κ1) is 17.6. The van der Waals surface area contributed by atoms with Crippen molar-refractivity contribution in [1.29, 1.82) is 0 Å². The molecule has 0 bridgehead atoms. The lowest BCUT2D eigenvalue weighted by atomic mass is 10.2. The quantitative estimate of drug-likeness (QED) is 0.811.